The smallest absolute Gasteiger partial charge is 0.288 e. The summed E-state index contributed by atoms with van der Waals surface area (Å²) in [5.41, 5.74) is 0.626. The van der Waals surface area contributed by atoms with E-state index in [2.05, 4.69) is 15.3 Å². The van der Waals surface area contributed by atoms with E-state index in [9.17, 15) is 23.3 Å². The first-order valence-electron chi connectivity index (χ1n) is 8.50. The number of nitrogens with zero attached hydrogens (tertiary/aromatic N) is 3. The number of nitro benzene ring substituents is 1. The molecule has 1 aromatic heterocycles. The molecule has 11 heteroatoms. The predicted molar refractivity (Wildman–Crippen MR) is 111 cm³/mol. The maximum Gasteiger partial charge on any atom is 0.288 e. The first kappa shape index (κ1) is 21.4. The van der Waals surface area contributed by atoms with Gasteiger partial charge >= 0.3 is 0 Å². The van der Waals surface area contributed by atoms with Gasteiger partial charge in [0, 0.05) is 40.9 Å². The summed E-state index contributed by atoms with van der Waals surface area (Å²) in [5.74, 6) is -0.590. The lowest BCUT2D eigenvalue weighted by molar-refractivity contribution is -0.387. The molecule has 0 aliphatic rings. The summed E-state index contributed by atoms with van der Waals surface area (Å²) >= 11 is 1.37. The normalized spacial score (nSPS) is 11.1. The number of carbonyl (C=O) groups excluding carboxylic acids is 1. The maximum absolute atomic E-state index is 12.6. The number of hydrogen-bond donors (Lipinski definition) is 1. The van der Waals surface area contributed by atoms with Crippen LogP contribution in [-0.2, 0) is 9.84 Å². The summed E-state index contributed by atoms with van der Waals surface area (Å²) in [5, 5.41) is 14.5. The van der Waals surface area contributed by atoms with E-state index < -0.39 is 31.3 Å². The summed E-state index contributed by atoms with van der Waals surface area (Å²) in [4.78, 5) is 31.7. The van der Waals surface area contributed by atoms with Crippen LogP contribution >= 0.6 is 11.8 Å². The number of rotatable bonds is 6. The Balaban J connectivity index is 1.82. The van der Waals surface area contributed by atoms with Crippen LogP contribution in [-0.4, -0.2) is 35.5 Å². The van der Waals surface area contributed by atoms with Gasteiger partial charge in [-0.05, 0) is 60.6 Å². The van der Waals surface area contributed by atoms with Gasteiger partial charge in [0.2, 0.25) is 0 Å². The number of aromatic nitrogens is 2. The minimum Gasteiger partial charge on any atom is -0.322 e. The third-order valence-corrected chi connectivity index (χ3v) is 6.04. The molecule has 0 saturated carbocycles. The Hall–Kier alpha value is -3.31. The number of aryl methyl sites for hydroxylation is 1. The highest BCUT2D eigenvalue weighted by Crippen LogP contribution is 2.29. The molecule has 3 rings (SSSR count). The van der Waals surface area contributed by atoms with E-state index in [-0.39, 0.29) is 5.56 Å². The lowest BCUT2D eigenvalue weighted by atomic mass is 10.1. The third kappa shape index (κ3) is 4.99. The number of carbonyl (C=O) groups is 1. The first-order chi connectivity index (χ1) is 14.1. The topological polar surface area (TPSA) is 132 Å². The maximum atomic E-state index is 12.6. The highest BCUT2D eigenvalue weighted by molar-refractivity contribution is 7.99. The molecule has 9 nitrogen and oxygen atoms in total. The predicted octanol–water partition coefficient (Wildman–Crippen LogP) is 3.50. The van der Waals surface area contributed by atoms with Crippen molar-refractivity contribution < 1.29 is 18.1 Å². The molecule has 0 bridgehead atoms. The van der Waals surface area contributed by atoms with Crippen molar-refractivity contribution in [1.82, 2.24) is 9.97 Å². The van der Waals surface area contributed by atoms with Crippen LogP contribution in [0.25, 0.3) is 0 Å². The summed E-state index contributed by atoms with van der Waals surface area (Å²) in [6.45, 7) is 1.81. The fourth-order valence-electron chi connectivity index (χ4n) is 2.59. The fourth-order valence-corrected chi connectivity index (χ4v) is 4.23. The molecule has 30 heavy (non-hydrogen) atoms. The molecule has 1 amide bonds. The molecule has 3 aromatic rings. The average Bonchev–Trinajstić information content (AvgIpc) is 2.69. The van der Waals surface area contributed by atoms with Crippen molar-refractivity contribution in [3.63, 3.8) is 0 Å². The van der Waals surface area contributed by atoms with Gasteiger partial charge in [-0.2, -0.15) is 0 Å². The summed E-state index contributed by atoms with van der Waals surface area (Å²) in [6.07, 6.45) is 4.16. The fraction of sp³-hybridized carbons (Fsp3) is 0.105. The summed E-state index contributed by atoms with van der Waals surface area (Å²) in [7, 11) is -3.80. The Bertz CT molecular complexity index is 1230. The molecule has 0 atom stereocenters. The molecular formula is C19H16N4O5S2. The van der Waals surface area contributed by atoms with E-state index in [1.165, 1.54) is 17.8 Å². The van der Waals surface area contributed by atoms with Gasteiger partial charge in [0.05, 0.1) is 4.92 Å². The lowest BCUT2D eigenvalue weighted by Gasteiger charge is -2.10. The quantitative estimate of drug-likeness (QED) is 0.347. The van der Waals surface area contributed by atoms with Crippen LogP contribution in [0, 0.1) is 17.0 Å². The van der Waals surface area contributed by atoms with Crippen LogP contribution < -0.4 is 5.32 Å². The van der Waals surface area contributed by atoms with E-state index in [0.29, 0.717) is 10.8 Å². The number of sulfone groups is 1. The van der Waals surface area contributed by atoms with Crippen LogP contribution in [0.4, 0.5) is 11.4 Å². The lowest BCUT2D eigenvalue weighted by Crippen LogP contribution is -2.14. The van der Waals surface area contributed by atoms with Crippen molar-refractivity contribution in [2.45, 2.75) is 21.9 Å². The molecule has 0 unspecified atom stereocenters. The van der Waals surface area contributed by atoms with E-state index in [1.54, 1.807) is 37.5 Å². The molecule has 154 valence electrons. The largest absolute Gasteiger partial charge is 0.322 e. The number of nitrogens with one attached hydrogen (secondary N) is 1. The molecule has 2 aromatic carbocycles. The number of hydrogen-bond acceptors (Lipinski definition) is 8. The van der Waals surface area contributed by atoms with Crippen LogP contribution in [0.5, 0.6) is 0 Å². The average molecular weight is 444 g/mol. The van der Waals surface area contributed by atoms with Crippen molar-refractivity contribution in [2.24, 2.45) is 0 Å². The van der Waals surface area contributed by atoms with Gasteiger partial charge in [0.1, 0.15) is 4.90 Å². The molecule has 0 fully saturated rings. The van der Waals surface area contributed by atoms with Gasteiger partial charge < -0.3 is 5.32 Å². The zero-order valence-electron chi connectivity index (χ0n) is 15.9. The van der Waals surface area contributed by atoms with Gasteiger partial charge in [0.25, 0.3) is 11.6 Å². The summed E-state index contributed by atoms with van der Waals surface area (Å²) < 4.78 is 23.4. The molecule has 0 saturated heterocycles. The van der Waals surface area contributed by atoms with Crippen molar-refractivity contribution in [1.29, 1.82) is 0 Å². The number of amides is 1. The molecule has 0 aliphatic heterocycles. The van der Waals surface area contributed by atoms with Gasteiger partial charge in [-0.3, -0.25) is 14.9 Å². The van der Waals surface area contributed by atoms with Crippen molar-refractivity contribution in [3.05, 3.63) is 76.1 Å². The number of nitro groups is 1. The second-order valence-corrected chi connectivity index (χ2v) is 9.30. The minimum atomic E-state index is -3.80. The van der Waals surface area contributed by atoms with Crippen LogP contribution in [0.15, 0.2) is 69.8 Å². The van der Waals surface area contributed by atoms with E-state index >= 15 is 0 Å². The Morgan fingerprint density at radius 1 is 1.13 bits per heavy atom. The molecule has 1 N–H and O–H groups in total. The Morgan fingerprint density at radius 3 is 2.43 bits per heavy atom. The van der Waals surface area contributed by atoms with Gasteiger partial charge in [-0.25, -0.2) is 18.4 Å². The molecule has 0 spiro atoms. The van der Waals surface area contributed by atoms with Crippen molar-refractivity contribution in [2.75, 3.05) is 11.6 Å². The highest BCUT2D eigenvalue weighted by atomic mass is 32.2. The molecule has 0 aliphatic carbocycles. The molecular weight excluding hydrogens is 428 g/mol. The number of benzene rings is 2. The SMILES string of the molecule is Cc1cc(Sc2ncccn2)ccc1NC(=O)c1ccc(S(C)(=O)=O)c([N+](=O)[O-])c1. The van der Waals surface area contributed by atoms with E-state index in [1.807, 2.05) is 6.07 Å². The molecule has 1 heterocycles. The van der Waals surface area contributed by atoms with E-state index in [0.717, 1.165) is 28.8 Å². The van der Waals surface area contributed by atoms with Crippen molar-refractivity contribution >= 4 is 38.9 Å². The summed E-state index contributed by atoms with van der Waals surface area (Å²) in [6, 6.07) is 10.3. The van der Waals surface area contributed by atoms with Crippen LogP contribution in [0.3, 0.4) is 0 Å². The zero-order chi connectivity index (χ0) is 21.9. The van der Waals surface area contributed by atoms with Crippen LogP contribution in [0.1, 0.15) is 15.9 Å². The molecule has 0 radical (unpaired) electrons. The Labute approximate surface area is 176 Å². The second-order valence-electron chi connectivity index (χ2n) is 6.28. The number of anilines is 1. The zero-order valence-corrected chi connectivity index (χ0v) is 17.5. The standard InChI is InChI=1S/C19H16N4O5S2/c1-12-10-14(29-19-20-8-3-9-21-19)5-6-15(12)22-18(24)13-4-7-17(30(2,27)28)16(11-13)23(25)26/h3-11H,1-2H3,(H,22,24). The van der Waals surface area contributed by atoms with Gasteiger partial charge in [-0.1, -0.05) is 0 Å². The Kier molecular flexibility index (Phi) is 6.13. The minimum absolute atomic E-state index is 0.0235. The van der Waals surface area contributed by atoms with Crippen LogP contribution in [0.2, 0.25) is 0 Å². The highest BCUT2D eigenvalue weighted by Gasteiger charge is 2.24. The third-order valence-electron chi connectivity index (χ3n) is 4.01. The van der Waals surface area contributed by atoms with Gasteiger partial charge in [0.15, 0.2) is 15.0 Å². The first-order valence-corrected chi connectivity index (χ1v) is 11.2. The van der Waals surface area contributed by atoms with Gasteiger partial charge in [-0.15, -0.1) is 0 Å². The van der Waals surface area contributed by atoms with Crippen molar-refractivity contribution in [3.8, 4) is 0 Å². The second kappa shape index (κ2) is 8.59. The monoisotopic (exact) mass is 444 g/mol. The van der Waals surface area contributed by atoms with E-state index in [4.69, 9.17) is 0 Å². The Morgan fingerprint density at radius 2 is 1.83 bits per heavy atom.